The minimum absolute atomic E-state index is 0.776. The van der Waals surface area contributed by atoms with Gasteiger partial charge in [-0.2, -0.15) is 0 Å². The van der Waals surface area contributed by atoms with Crippen LogP contribution in [0.5, 0.6) is 0 Å². The van der Waals surface area contributed by atoms with E-state index in [4.69, 9.17) is 11.6 Å². The number of anilines is 1. The molecule has 0 atom stereocenters. The van der Waals surface area contributed by atoms with Gasteiger partial charge in [0.2, 0.25) is 0 Å². The molecule has 0 unspecified atom stereocenters. The minimum atomic E-state index is 0.776. The Kier molecular flexibility index (Phi) is 5.48. The average Bonchev–Trinajstić information content (AvgIpc) is 2.24. The molecule has 0 N–H and O–H groups in total. The number of pyridine rings is 1. The van der Waals surface area contributed by atoms with Gasteiger partial charge < -0.3 is 4.90 Å². The molecule has 1 aromatic rings. The summed E-state index contributed by atoms with van der Waals surface area (Å²) in [7, 11) is 2.12. The number of unbranched alkanes of at least 4 members (excludes halogenated alkanes) is 2. The second kappa shape index (κ2) is 6.67. The quantitative estimate of drug-likeness (QED) is 0.547. The summed E-state index contributed by atoms with van der Waals surface area (Å²) < 4.78 is 0. The molecule has 1 rings (SSSR count). The minimum Gasteiger partial charge on any atom is -0.375 e. The lowest BCUT2D eigenvalue weighted by Crippen LogP contribution is -2.18. The molecular weight excluding hydrogens is 208 g/mol. The normalized spacial score (nSPS) is 10.3. The first kappa shape index (κ1) is 12.3. The van der Waals surface area contributed by atoms with Crippen LogP contribution in [0.1, 0.15) is 25.0 Å². The van der Waals surface area contributed by atoms with E-state index in [1.165, 1.54) is 18.5 Å². The lowest BCUT2D eigenvalue weighted by atomic mass is 10.2. The molecule has 3 heteroatoms. The van der Waals surface area contributed by atoms with Gasteiger partial charge in [-0.05, 0) is 31.9 Å². The number of aryl methyl sites for hydroxylation is 1. The van der Waals surface area contributed by atoms with Crippen LogP contribution >= 0.6 is 11.6 Å². The first-order valence-electron chi connectivity index (χ1n) is 5.44. The van der Waals surface area contributed by atoms with E-state index >= 15 is 0 Å². The third kappa shape index (κ3) is 4.52. The Morgan fingerprint density at radius 3 is 2.80 bits per heavy atom. The van der Waals surface area contributed by atoms with E-state index in [-0.39, 0.29) is 0 Å². The predicted octanol–water partition coefficient (Wildman–Crippen LogP) is 3.24. The van der Waals surface area contributed by atoms with E-state index in [0.717, 1.165) is 24.5 Å². The van der Waals surface area contributed by atoms with Gasteiger partial charge in [-0.1, -0.05) is 6.42 Å². The van der Waals surface area contributed by atoms with Crippen LogP contribution in [-0.2, 0) is 0 Å². The van der Waals surface area contributed by atoms with E-state index < -0.39 is 0 Å². The molecule has 0 saturated carbocycles. The Labute approximate surface area is 97.3 Å². The molecule has 84 valence electrons. The molecule has 0 bridgehead atoms. The molecule has 1 heterocycles. The summed E-state index contributed by atoms with van der Waals surface area (Å²) in [5, 5.41) is 0. The second-order valence-corrected chi connectivity index (χ2v) is 4.20. The van der Waals surface area contributed by atoms with Crippen LogP contribution in [0, 0.1) is 6.92 Å². The standard InChI is InChI=1S/C12H19ClN2/c1-11-10-12(6-8-14-11)15(2)9-5-3-4-7-13/h6,8,10H,3-5,7,9H2,1-2H3. The summed E-state index contributed by atoms with van der Waals surface area (Å²) in [6.07, 6.45) is 5.38. The smallest absolute Gasteiger partial charge is 0.0397 e. The van der Waals surface area contributed by atoms with Crippen LogP contribution in [0.2, 0.25) is 0 Å². The zero-order valence-corrected chi connectivity index (χ0v) is 10.3. The number of alkyl halides is 1. The summed E-state index contributed by atoms with van der Waals surface area (Å²) >= 11 is 5.63. The lowest BCUT2D eigenvalue weighted by Gasteiger charge is -2.19. The fraction of sp³-hybridized carbons (Fsp3) is 0.583. The molecule has 0 saturated heterocycles. The fourth-order valence-electron chi connectivity index (χ4n) is 1.52. The maximum absolute atomic E-state index is 5.63. The van der Waals surface area contributed by atoms with Gasteiger partial charge in [-0.3, -0.25) is 4.98 Å². The van der Waals surface area contributed by atoms with Crippen molar-refractivity contribution in [3.05, 3.63) is 24.0 Å². The van der Waals surface area contributed by atoms with Crippen molar-refractivity contribution in [1.82, 2.24) is 4.98 Å². The van der Waals surface area contributed by atoms with Gasteiger partial charge in [0, 0.05) is 37.1 Å². The largest absolute Gasteiger partial charge is 0.375 e. The fourth-order valence-corrected chi connectivity index (χ4v) is 1.71. The number of halogens is 1. The van der Waals surface area contributed by atoms with Gasteiger partial charge >= 0.3 is 0 Å². The Morgan fingerprint density at radius 1 is 1.33 bits per heavy atom. The van der Waals surface area contributed by atoms with Crippen LogP contribution in [0.25, 0.3) is 0 Å². The molecule has 0 spiro atoms. The summed E-state index contributed by atoms with van der Waals surface area (Å²) in [6, 6.07) is 4.16. The van der Waals surface area contributed by atoms with Crippen molar-refractivity contribution < 1.29 is 0 Å². The van der Waals surface area contributed by atoms with Gasteiger partial charge in [0.05, 0.1) is 0 Å². The monoisotopic (exact) mass is 226 g/mol. The van der Waals surface area contributed by atoms with Gasteiger partial charge in [0.25, 0.3) is 0 Å². The highest BCUT2D eigenvalue weighted by Crippen LogP contribution is 2.13. The molecule has 2 nitrogen and oxygen atoms in total. The predicted molar refractivity (Wildman–Crippen MR) is 66.8 cm³/mol. The van der Waals surface area contributed by atoms with Gasteiger partial charge in [-0.15, -0.1) is 11.6 Å². The maximum atomic E-state index is 5.63. The highest BCUT2D eigenvalue weighted by Gasteiger charge is 2.00. The number of hydrogen-bond acceptors (Lipinski definition) is 2. The molecule has 0 fully saturated rings. The van der Waals surface area contributed by atoms with Gasteiger partial charge in [-0.25, -0.2) is 0 Å². The first-order valence-corrected chi connectivity index (χ1v) is 5.97. The zero-order valence-electron chi connectivity index (χ0n) is 9.54. The van der Waals surface area contributed by atoms with Crippen molar-refractivity contribution in [3.63, 3.8) is 0 Å². The van der Waals surface area contributed by atoms with Gasteiger partial charge in [0.15, 0.2) is 0 Å². The van der Waals surface area contributed by atoms with Crippen molar-refractivity contribution in [1.29, 1.82) is 0 Å². The molecule has 1 aromatic heterocycles. The van der Waals surface area contributed by atoms with Crippen LogP contribution in [0.3, 0.4) is 0 Å². The van der Waals surface area contributed by atoms with Crippen LogP contribution in [-0.4, -0.2) is 24.5 Å². The molecule has 0 aliphatic heterocycles. The van der Waals surface area contributed by atoms with E-state index in [1.807, 2.05) is 13.1 Å². The van der Waals surface area contributed by atoms with Crippen molar-refractivity contribution in [2.24, 2.45) is 0 Å². The van der Waals surface area contributed by atoms with Crippen molar-refractivity contribution >= 4 is 17.3 Å². The van der Waals surface area contributed by atoms with E-state index in [0.29, 0.717) is 0 Å². The topological polar surface area (TPSA) is 16.1 Å². The van der Waals surface area contributed by atoms with E-state index in [1.54, 1.807) is 0 Å². The zero-order chi connectivity index (χ0) is 11.1. The summed E-state index contributed by atoms with van der Waals surface area (Å²) in [5.74, 6) is 0.776. The Balaban J connectivity index is 2.36. The Hall–Kier alpha value is -0.760. The maximum Gasteiger partial charge on any atom is 0.0397 e. The number of nitrogens with zero attached hydrogens (tertiary/aromatic N) is 2. The summed E-state index contributed by atoms with van der Waals surface area (Å²) in [4.78, 5) is 6.45. The Bertz CT molecular complexity index is 289. The number of rotatable bonds is 6. The van der Waals surface area contributed by atoms with Crippen molar-refractivity contribution in [2.45, 2.75) is 26.2 Å². The highest BCUT2D eigenvalue weighted by atomic mass is 35.5. The van der Waals surface area contributed by atoms with E-state index in [9.17, 15) is 0 Å². The SMILES string of the molecule is Cc1cc(N(C)CCCCCCl)ccn1. The van der Waals surface area contributed by atoms with E-state index in [2.05, 4.69) is 29.1 Å². The molecule has 0 aromatic carbocycles. The molecule has 0 aliphatic carbocycles. The number of hydrogen-bond donors (Lipinski definition) is 0. The molecule has 0 radical (unpaired) electrons. The molecule has 0 amide bonds. The molecule has 15 heavy (non-hydrogen) atoms. The second-order valence-electron chi connectivity index (χ2n) is 3.83. The lowest BCUT2D eigenvalue weighted by molar-refractivity contribution is 0.707. The van der Waals surface area contributed by atoms with Crippen molar-refractivity contribution in [2.75, 3.05) is 24.4 Å². The van der Waals surface area contributed by atoms with Crippen LogP contribution in [0.15, 0.2) is 18.3 Å². The Morgan fingerprint density at radius 2 is 2.13 bits per heavy atom. The van der Waals surface area contributed by atoms with Gasteiger partial charge in [0.1, 0.15) is 0 Å². The van der Waals surface area contributed by atoms with Crippen LogP contribution < -0.4 is 4.90 Å². The first-order chi connectivity index (χ1) is 7.24. The van der Waals surface area contributed by atoms with Crippen molar-refractivity contribution in [3.8, 4) is 0 Å². The number of aromatic nitrogens is 1. The molecular formula is C12H19ClN2. The summed E-state index contributed by atoms with van der Waals surface area (Å²) in [5.41, 5.74) is 2.31. The average molecular weight is 227 g/mol. The summed E-state index contributed by atoms with van der Waals surface area (Å²) in [6.45, 7) is 3.10. The highest BCUT2D eigenvalue weighted by molar-refractivity contribution is 6.17. The molecule has 0 aliphatic rings. The third-order valence-electron chi connectivity index (χ3n) is 2.45. The third-order valence-corrected chi connectivity index (χ3v) is 2.72. The van der Waals surface area contributed by atoms with Crippen LogP contribution in [0.4, 0.5) is 5.69 Å².